The second-order valence-electron chi connectivity index (χ2n) is 6.68. The molecule has 1 fully saturated rings. The van der Waals surface area contributed by atoms with Gasteiger partial charge in [-0.2, -0.15) is 4.31 Å². The summed E-state index contributed by atoms with van der Waals surface area (Å²) in [7, 11) is -3.54. The lowest BCUT2D eigenvalue weighted by molar-refractivity contribution is -0.113. The predicted molar refractivity (Wildman–Crippen MR) is 109 cm³/mol. The summed E-state index contributed by atoms with van der Waals surface area (Å²) in [6, 6.07) is 4.89. The molecule has 0 unspecified atom stereocenters. The van der Waals surface area contributed by atoms with Gasteiger partial charge in [-0.25, -0.2) is 8.42 Å². The number of hydrogen-bond acceptors (Lipinski definition) is 6. The van der Waals surface area contributed by atoms with Gasteiger partial charge in [0.05, 0.1) is 10.6 Å². The Balaban J connectivity index is 1.70. The fourth-order valence-corrected chi connectivity index (χ4v) is 5.36. The average Bonchev–Trinajstić information content (AvgIpc) is 3.16. The Hall–Kier alpha value is -1.91. The number of nitrogens with one attached hydrogen (secondary N) is 1. The zero-order valence-electron chi connectivity index (χ0n) is 16.1. The molecule has 0 aliphatic carbocycles. The summed E-state index contributed by atoms with van der Waals surface area (Å²) < 4.78 is 29.1. The summed E-state index contributed by atoms with van der Waals surface area (Å²) in [5, 5.41) is 11.3. The second-order valence-corrected chi connectivity index (χ2v) is 9.56. The van der Waals surface area contributed by atoms with Crippen LogP contribution in [0.2, 0.25) is 0 Å². The van der Waals surface area contributed by atoms with Crippen LogP contribution < -0.4 is 5.32 Å². The summed E-state index contributed by atoms with van der Waals surface area (Å²) in [6.45, 7) is 5.64. The van der Waals surface area contributed by atoms with Crippen LogP contribution in [0.15, 0.2) is 34.6 Å². The Kier molecular flexibility index (Phi) is 6.73. The number of carbonyl (C=O) groups is 1. The van der Waals surface area contributed by atoms with Crippen LogP contribution in [0.3, 0.4) is 0 Å². The van der Waals surface area contributed by atoms with Crippen molar-refractivity contribution in [1.82, 2.24) is 19.1 Å². The first-order valence-corrected chi connectivity index (χ1v) is 11.8. The molecule has 1 aromatic carbocycles. The van der Waals surface area contributed by atoms with Crippen molar-refractivity contribution >= 4 is 33.4 Å². The number of rotatable bonds is 7. The smallest absolute Gasteiger partial charge is 0.243 e. The Labute approximate surface area is 169 Å². The van der Waals surface area contributed by atoms with Crippen LogP contribution in [0, 0.1) is 6.92 Å². The van der Waals surface area contributed by atoms with Crippen molar-refractivity contribution in [1.29, 1.82) is 0 Å². The molecular weight excluding hydrogens is 398 g/mol. The van der Waals surface area contributed by atoms with Crippen molar-refractivity contribution in [2.75, 3.05) is 24.2 Å². The normalized spacial score (nSPS) is 15.5. The van der Waals surface area contributed by atoms with E-state index in [4.69, 9.17) is 0 Å². The molecule has 1 aliphatic rings. The van der Waals surface area contributed by atoms with Crippen LogP contribution >= 0.6 is 11.8 Å². The van der Waals surface area contributed by atoms with Crippen LogP contribution in [-0.4, -0.2) is 52.2 Å². The number of aromatic nitrogens is 3. The van der Waals surface area contributed by atoms with E-state index in [0.717, 1.165) is 31.4 Å². The van der Waals surface area contributed by atoms with Crippen LogP contribution in [-0.2, 0) is 21.4 Å². The zero-order valence-corrected chi connectivity index (χ0v) is 17.7. The number of sulfonamides is 1. The molecular formula is C18H25N5O3S2. The maximum atomic E-state index is 12.9. The Morgan fingerprint density at radius 1 is 1.25 bits per heavy atom. The third-order valence-corrected chi connectivity index (χ3v) is 7.56. The van der Waals surface area contributed by atoms with Crippen LogP contribution in [0.1, 0.15) is 31.7 Å². The van der Waals surface area contributed by atoms with E-state index in [1.165, 1.54) is 16.1 Å². The highest BCUT2D eigenvalue weighted by Gasteiger charge is 2.26. The lowest BCUT2D eigenvalue weighted by atomic mass is 10.2. The zero-order chi connectivity index (χ0) is 20.1. The fraction of sp³-hybridized carbons (Fsp3) is 0.500. The largest absolute Gasteiger partial charge is 0.325 e. The number of piperidine rings is 1. The molecule has 28 heavy (non-hydrogen) atoms. The highest BCUT2D eigenvalue weighted by atomic mass is 32.2. The number of nitrogens with zero attached hydrogens (tertiary/aromatic N) is 4. The quantitative estimate of drug-likeness (QED) is 0.687. The Bertz CT molecular complexity index is 936. The SMILES string of the molecule is CCn1cnnc1SCC(=O)Nc1cc(S(=O)(=O)N2CCCCC2)ccc1C. The second kappa shape index (κ2) is 9.06. The summed E-state index contributed by atoms with van der Waals surface area (Å²) in [6.07, 6.45) is 4.45. The predicted octanol–water partition coefficient (Wildman–Crippen LogP) is 2.51. The topological polar surface area (TPSA) is 97.2 Å². The van der Waals surface area contributed by atoms with Crippen LogP contribution in [0.5, 0.6) is 0 Å². The highest BCUT2D eigenvalue weighted by molar-refractivity contribution is 7.99. The molecule has 0 radical (unpaired) electrons. The van der Waals surface area contributed by atoms with E-state index in [-0.39, 0.29) is 16.6 Å². The van der Waals surface area contributed by atoms with Crippen molar-refractivity contribution < 1.29 is 13.2 Å². The molecule has 3 rings (SSSR count). The van der Waals surface area contributed by atoms with Gasteiger partial charge in [0.15, 0.2) is 5.16 Å². The van der Waals surface area contributed by atoms with Gasteiger partial charge in [0, 0.05) is 25.3 Å². The minimum absolute atomic E-state index is 0.168. The van der Waals surface area contributed by atoms with E-state index in [2.05, 4.69) is 15.5 Å². The van der Waals surface area contributed by atoms with Gasteiger partial charge in [0.1, 0.15) is 6.33 Å². The highest BCUT2D eigenvalue weighted by Crippen LogP contribution is 2.25. The number of hydrogen-bond donors (Lipinski definition) is 1. The minimum atomic E-state index is -3.54. The van der Waals surface area contributed by atoms with Gasteiger partial charge < -0.3 is 9.88 Å². The summed E-state index contributed by atoms with van der Waals surface area (Å²) in [5.74, 6) is -0.0485. The van der Waals surface area contributed by atoms with Gasteiger partial charge in [0.2, 0.25) is 15.9 Å². The van der Waals surface area contributed by atoms with E-state index >= 15 is 0 Å². The molecule has 8 nitrogen and oxygen atoms in total. The molecule has 2 aromatic rings. The first-order chi connectivity index (χ1) is 13.4. The van der Waals surface area contributed by atoms with Crippen molar-refractivity contribution in [3.8, 4) is 0 Å². The summed E-state index contributed by atoms with van der Waals surface area (Å²) >= 11 is 1.29. The van der Waals surface area contributed by atoms with Crippen molar-refractivity contribution in [3.63, 3.8) is 0 Å². The fourth-order valence-electron chi connectivity index (χ4n) is 3.04. The first kappa shape index (κ1) is 20.8. The van der Waals surface area contributed by atoms with Crippen molar-refractivity contribution in [2.45, 2.75) is 49.7 Å². The number of anilines is 1. The Morgan fingerprint density at radius 2 is 2.00 bits per heavy atom. The lowest BCUT2D eigenvalue weighted by Gasteiger charge is -2.26. The monoisotopic (exact) mass is 423 g/mol. The van der Waals surface area contributed by atoms with Gasteiger partial charge in [-0.15, -0.1) is 10.2 Å². The average molecular weight is 424 g/mol. The lowest BCUT2D eigenvalue weighted by Crippen LogP contribution is -2.35. The molecule has 1 amide bonds. The molecule has 152 valence electrons. The van der Waals surface area contributed by atoms with Gasteiger partial charge in [-0.05, 0) is 44.4 Å². The van der Waals surface area contributed by atoms with E-state index in [0.29, 0.717) is 23.9 Å². The van der Waals surface area contributed by atoms with E-state index in [1.807, 2.05) is 18.4 Å². The van der Waals surface area contributed by atoms with Gasteiger partial charge >= 0.3 is 0 Å². The van der Waals surface area contributed by atoms with Gasteiger partial charge in [-0.1, -0.05) is 24.2 Å². The summed E-state index contributed by atoms with van der Waals surface area (Å²) in [5.41, 5.74) is 1.33. The third-order valence-electron chi connectivity index (χ3n) is 4.69. The molecule has 0 saturated carbocycles. The van der Waals surface area contributed by atoms with Crippen LogP contribution in [0.4, 0.5) is 5.69 Å². The number of benzene rings is 1. The third kappa shape index (κ3) is 4.73. The molecule has 0 atom stereocenters. The van der Waals surface area contributed by atoms with E-state index in [9.17, 15) is 13.2 Å². The Morgan fingerprint density at radius 3 is 2.71 bits per heavy atom. The number of aryl methyl sites for hydroxylation is 2. The van der Waals surface area contributed by atoms with E-state index in [1.54, 1.807) is 24.5 Å². The standard InChI is InChI=1S/C18H25N5O3S2/c1-3-22-13-19-21-18(22)27-12-17(24)20-16-11-15(8-7-14(16)2)28(25,26)23-9-5-4-6-10-23/h7-8,11,13H,3-6,9-10,12H2,1-2H3,(H,20,24). The molecule has 1 aromatic heterocycles. The first-order valence-electron chi connectivity index (χ1n) is 9.33. The van der Waals surface area contributed by atoms with Crippen LogP contribution in [0.25, 0.3) is 0 Å². The maximum absolute atomic E-state index is 12.9. The van der Waals surface area contributed by atoms with Gasteiger partial charge in [-0.3, -0.25) is 4.79 Å². The molecule has 10 heteroatoms. The van der Waals surface area contributed by atoms with Crippen molar-refractivity contribution in [3.05, 3.63) is 30.1 Å². The number of amides is 1. The minimum Gasteiger partial charge on any atom is -0.325 e. The summed E-state index contributed by atoms with van der Waals surface area (Å²) in [4.78, 5) is 12.6. The molecule has 0 spiro atoms. The molecule has 0 bridgehead atoms. The number of thioether (sulfide) groups is 1. The maximum Gasteiger partial charge on any atom is 0.243 e. The molecule has 1 saturated heterocycles. The van der Waals surface area contributed by atoms with Gasteiger partial charge in [0.25, 0.3) is 0 Å². The molecule has 1 N–H and O–H groups in total. The van der Waals surface area contributed by atoms with E-state index < -0.39 is 10.0 Å². The number of carbonyl (C=O) groups excluding carboxylic acids is 1. The van der Waals surface area contributed by atoms with Crippen molar-refractivity contribution in [2.24, 2.45) is 0 Å². The molecule has 2 heterocycles. The molecule has 1 aliphatic heterocycles.